The summed E-state index contributed by atoms with van der Waals surface area (Å²) in [6.45, 7) is 8.89. The minimum absolute atomic E-state index is 0.512. The topological polar surface area (TPSA) is 58.2 Å². The van der Waals surface area contributed by atoms with Gasteiger partial charge in [-0.15, -0.1) is 0 Å². The van der Waals surface area contributed by atoms with Crippen LogP contribution in [-0.2, 0) is 9.84 Å². The van der Waals surface area contributed by atoms with Crippen molar-refractivity contribution in [2.24, 2.45) is 0 Å². The second-order valence-electron chi connectivity index (χ2n) is 4.42. The van der Waals surface area contributed by atoms with Crippen LogP contribution in [0.25, 0.3) is 0 Å². The summed E-state index contributed by atoms with van der Waals surface area (Å²) in [6.07, 6.45) is 2.31. The molecule has 0 fully saturated rings. The minimum Gasteiger partial charge on any atom is -0.317 e. The van der Waals surface area contributed by atoms with Crippen LogP contribution in [0.4, 0.5) is 0 Å². The van der Waals surface area contributed by atoms with Gasteiger partial charge >= 0.3 is 0 Å². The van der Waals surface area contributed by atoms with Gasteiger partial charge in [-0.05, 0) is 39.9 Å². The fraction of sp³-hybridized carbons (Fsp3) is 1.00. The van der Waals surface area contributed by atoms with Crippen molar-refractivity contribution in [3.8, 4) is 0 Å². The van der Waals surface area contributed by atoms with E-state index in [1.165, 1.54) is 6.26 Å². The Bertz CT molecular complexity index is 261. The molecule has 0 saturated heterocycles. The van der Waals surface area contributed by atoms with Crippen LogP contribution >= 0.6 is 0 Å². The predicted octanol–water partition coefficient (Wildman–Crippen LogP) is 0.399. The Kier molecular flexibility index (Phi) is 6.40. The maximum Gasteiger partial charge on any atom is 0.153 e. The van der Waals surface area contributed by atoms with Gasteiger partial charge in [0.15, 0.2) is 9.84 Å². The van der Waals surface area contributed by atoms with Crippen LogP contribution in [-0.4, -0.2) is 45.6 Å². The fourth-order valence-corrected chi connectivity index (χ4v) is 1.40. The van der Waals surface area contributed by atoms with Crippen molar-refractivity contribution in [2.75, 3.05) is 32.4 Å². The summed E-state index contributed by atoms with van der Waals surface area (Å²) >= 11 is 0. The first-order valence-electron chi connectivity index (χ1n) is 5.42. The van der Waals surface area contributed by atoms with Crippen LogP contribution in [0.1, 0.15) is 27.2 Å². The van der Waals surface area contributed by atoms with Crippen molar-refractivity contribution >= 4 is 9.84 Å². The van der Waals surface area contributed by atoms with E-state index in [0.29, 0.717) is 6.54 Å². The lowest BCUT2D eigenvalue weighted by atomic mass is 10.2. The van der Waals surface area contributed by atoms with Crippen molar-refractivity contribution < 1.29 is 8.42 Å². The highest BCUT2D eigenvalue weighted by atomic mass is 32.2. The molecule has 0 rings (SSSR count). The van der Waals surface area contributed by atoms with Crippen LogP contribution < -0.4 is 10.6 Å². The standard InChI is InChI=1S/C10H24N2O2S/c1-5-11-7-6-8-12-9-10(2,3)15(4,13)14/h11-12H,5-9H2,1-4H3. The van der Waals surface area contributed by atoms with Gasteiger partial charge in [0, 0.05) is 12.8 Å². The van der Waals surface area contributed by atoms with E-state index in [4.69, 9.17) is 0 Å². The quantitative estimate of drug-likeness (QED) is 0.599. The van der Waals surface area contributed by atoms with Crippen LogP contribution in [0, 0.1) is 0 Å². The largest absolute Gasteiger partial charge is 0.317 e. The SMILES string of the molecule is CCNCCCNCC(C)(C)S(C)(=O)=O. The molecule has 0 aliphatic heterocycles. The van der Waals surface area contributed by atoms with Gasteiger partial charge in [0.25, 0.3) is 0 Å². The fourth-order valence-electron chi connectivity index (χ4n) is 1.04. The van der Waals surface area contributed by atoms with Crippen molar-refractivity contribution in [1.29, 1.82) is 0 Å². The molecule has 0 unspecified atom stereocenters. The molecule has 2 N–H and O–H groups in total. The zero-order valence-corrected chi connectivity index (χ0v) is 11.1. The molecule has 0 aromatic carbocycles. The average Bonchev–Trinajstić information content (AvgIpc) is 2.09. The lowest BCUT2D eigenvalue weighted by Crippen LogP contribution is -2.42. The normalized spacial score (nSPS) is 13.1. The highest BCUT2D eigenvalue weighted by molar-refractivity contribution is 7.92. The maximum absolute atomic E-state index is 11.4. The van der Waals surface area contributed by atoms with Crippen LogP contribution in [0.5, 0.6) is 0 Å². The summed E-state index contributed by atoms with van der Waals surface area (Å²) in [4.78, 5) is 0. The molecule has 92 valence electrons. The minimum atomic E-state index is -2.98. The maximum atomic E-state index is 11.4. The molecule has 0 amide bonds. The van der Waals surface area contributed by atoms with Crippen molar-refractivity contribution in [3.05, 3.63) is 0 Å². The molecular weight excluding hydrogens is 212 g/mol. The number of rotatable bonds is 8. The second-order valence-corrected chi connectivity index (χ2v) is 7.07. The molecule has 0 aromatic rings. The predicted molar refractivity (Wildman–Crippen MR) is 65.0 cm³/mol. The lowest BCUT2D eigenvalue weighted by molar-refractivity contribution is 0.514. The Hall–Kier alpha value is -0.130. The lowest BCUT2D eigenvalue weighted by Gasteiger charge is -2.22. The van der Waals surface area contributed by atoms with Crippen molar-refractivity contribution in [3.63, 3.8) is 0 Å². The van der Waals surface area contributed by atoms with E-state index in [1.807, 2.05) is 0 Å². The first-order valence-corrected chi connectivity index (χ1v) is 7.31. The van der Waals surface area contributed by atoms with E-state index in [1.54, 1.807) is 13.8 Å². The molecule has 0 saturated carbocycles. The van der Waals surface area contributed by atoms with E-state index in [0.717, 1.165) is 26.1 Å². The van der Waals surface area contributed by atoms with Gasteiger partial charge < -0.3 is 10.6 Å². The number of hydrogen-bond donors (Lipinski definition) is 2. The second kappa shape index (κ2) is 6.45. The molecule has 5 heteroatoms. The molecule has 0 bridgehead atoms. The summed E-state index contributed by atoms with van der Waals surface area (Å²) in [6, 6.07) is 0. The van der Waals surface area contributed by atoms with E-state index in [2.05, 4.69) is 17.6 Å². The Morgan fingerprint density at radius 2 is 1.67 bits per heavy atom. The molecule has 15 heavy (non-hydrogen) atoms. The Morgan fingerprint density at radius 3 is 2.13 bits per heavy atom. The average molecular weight is 236 g/mol. The molecule has 0 aliphatic carbocycles. The highest BCUT2D eigenvalue weighted by Gasteiger charge is 2.29. The smallest absolute Gasteiger partial charge is 0.153 e. The Balaban J connectivity index is 3.68. The summed E-state index contributed by atoms with van der Waals surface area (Å²) < 4.78 is 22.1. The Morgan fingerprint density at radius 1 is 1.13 bits per heavy atom. The van der Waals surface area contributed by atoms with Gasteiger partial charge in [0.2, 0.25) is 0 Å². The number of nitrogens with one attached hydrogen (secondary N) is 2. The molecule has 4 nitrogen and oxygen atoms in total. The van der Waals surface area contributed by atoms with Crippen LogP contribution in [0.3, 0.4) is 0 Å². The van der Waals surface area contributed by atoms with Gasteiger partial charge in [-0.2, -0.15) is 0 Å². The van der Waals surface area contributed by atoms with Crippen molar-refractivity contribution in [2.45, 2.75) is 31.9 Å². The number of hydrogen-bond acceptors (Lipinski definition) is 4. The van der Waals surface area contributed by atoms with E-state index < -0.39 is 14.6 Å². The third kappa shape index (κ3) is 6.12. The van der Waals surface area contributed by atoms with E-state index in [-0.39, 0.29) is 0 Å². The van der Waals surface area contributed by atoms with Gasteiger partial charge in [0.05, 0.1) is 4.75 Å². The molecule has 0 spiro atoms. The molecule has 0 aliphatic rings. The van der Waals surface area contributed by atoms with E-state index >= 15 is 0 Å². The highest BCUT2D eigenvalue weighted by Crippen LogP contribution is 2.12. The summed E-state index contributed by atoms with van der Waals surface area (Å²) in [5.41, 5.74) is 0. The first-order chi connectivity index (χ1) is 6.81. The third-order valence-corrected chi connectivity index (χ3v) is 4.66. The van der Waals surface area contributed by atoms with Gasteiger partial charge in [-0.25, -0.2) is 8.42 Å². The Labute approximate surface area is 93.7 Å². The molecule has 0 atom stereocenters. The number of sulfone groups is 1. The zero-order chi connectivity index (χ0) is 11.9. The molecular formula is C10H24N2O2S. The molecule has 0 heterocycles. The van der Waals surface area contributed by atoms with E-state index in [9.17, 15) is 8.42 Å². The third-order valence-electron chi connectivity index (χ3n) is 2.51. The first kappa shape index (κ1) is 14.9. The summed E-state index contributed by atoms with van der Waals surface area (Å²) in [5, 5.41) is 6.39. The van der Waals surface area contributed by atoms with Gasteiger partial charge in [-0.1, -0.05) is 6.92 Å². The summed E-state index contributed by atoms with van der Waals surface area (Å²) in [7, 11) is -2.98. The van der Waals surface area contributed by atoms with Crippen molar-refractivity contribution in [1.82, 2.24) is 10.6 Å². The van der Waals surface area contributed by atoms with Crippen LogP contribution in [0.2, 0.25) is 0 Å². The summed E-state index contributed by atoms with van der Waals surface area (Å²) in [5.74, 6) is 0. The monoisotopic (exact) mass is 236 g/mol. The van der Waals surface area contributed by atoms with Gasteiger partial charge in [-0.3, -0.25) is 0 Å². The van der Waals surface area contributed by atoms with Crippen LogP contribution in [0.15, 0.2) is 0 Å². The zero-order valence-electron chi connectivity index (χ0n) is 10.3. The molecule has 0 aromatic heterocycles. The molecule has 0 radical (unpaired) electrons. The van der Waals surface area contributed by atoms with Gasteiger partial charge in [0.1, 0.15) is 0 Å².